The van der Waals surface area contributed by atoms with Gasteiger partial charge in [-0.3, -0.25) is 4.79 Å². The van der Waals surface area contributed by atoms with Crippen molar-refractivity contribution in [2.24, 2.45) is 5.92 Å². The maximum absolute atomic E-state index is 12.3. The van der Waals surface area contributed by atoms with E-state index in [4.69, 9.17) is 5.26 Å². The highest BCUT2D eigenvalue weighted by atomic mass is 16.2. The second kappa shape index (κ2) is 4.57. The van der Waals surface area contributed by atoms with Gasteiger partial charge in [0.25, 0.3) is 5.91 Å². The smallest absolute Gasteiger partial charge is 0.271 e. The van der Waals surface area contributed by atoms with Gasteiger partial charge >= 0.3 is 0 Å². The molecular weight excluding hydrogens is 266 g/mol. The van der Waals surface area contributed by atoms with Gasteiger partial charge in [-0.25, -0.2) is 4.98 Å². The van der Waals surface area contributed by atoms with Gasteiger partial charge in [0, 0.05) is 31.0 Å². The molecule has 106 valence electrons. The van der Waals surface area contributed by atoms with E-state index in [-0.39, 0.29) is 11.9 Å². The molecule has 3 atom stereocenters. The van der Waals surface area contributed by atoms with E-state index in [0.29, 0.717) is 23.2 Å². The number of piperidine rings is 1. The van der Waals surface area contributed by atoms with Crippen LogP contribution in [0.1, 0.15) is 28.9 Å². The van der Waals surface area contributed by atoms with Crippen molar-refractivity contribution >= 4 is 11.4 Å². The molecule has 2 aromatic rings. The number of nitrogens with one attached hydrogen (secondary N) is 2. The van der Waals surface area contributed by atoms with Gasteiger partial charge in [-0.1, -0.05) is 0 Å². The molecule has 2 fully saturated rings. The number of fused-ring (bicyclic) bond motifs is 3. The summed E-state index contributed by atoms with van der Waals surface area (Å²) in [5.74, 6) is 0.404. The van der Waals surface area contributed by atoms with Crippen LogP contribution in [0, 0.1) is 17.2 Å². The number of nitriles is 1. The largest absolute Gasteiger partial charge is 0.348 e. The highest BCUT2D eigenvalue weighted by Gasteiger charge is 2.40. The zero-order chi connectivity index (χ0) is 14.4. The van der Waals surface area contributed by atoms with E-state index in [1.807, 2.05) is 0 Å². The summed E-state index contributed by atoms with van der Waals surface area (Å²) in [6, 6.07) is 4.64. The van der Waals surface area contributed by atoms with Crippen LogP contribution in [-0.4, -0.2) is 33.9 Å². The highest BCUT2D eigenvalue weighted by Crippen LogP contribution is 2.31. The molecule has 2 aromatic heterocycles. The summed E-state index contributed by atoms with van der Waals surface area (Å²) in [6.07, 6.45) is 7.16. The molecule has 3 unspecified atom stereocenters. The van der Waals surface area contributed by atoms with E-state index in [9.17, 15) is 4.79 Å². The van der Waals surface area contributed by atoms with Gasteiger partial charge in [0.15, 0.2) is 0 Å². The summed E-state index contributed by atoms with van der Waals surface area (Å²) in [6.45, 7) is 0.991. The van der Waals surface area contributed by atoms with Crippen molar-refractivity contribution < 1.29 is 4.79 Å². The molecule has 1 aliphatic heterocycles. The van der Waals surface area contributed by atoms with Crippen LogP contribution in [0.4, 0.5) is 0 Å². The van der Waals surface area contributed by atoms with Crippen molar-refractivity contribution in [2.75, 3.05) is 6.54 Å². The summed E-state index contributed by atoms with van der Waals surface area (Å²) in [4.78, 5) is 16.5. The normalized spacial score (nSPS) is 26.9. The first kappa shape index (κ1) is 12.4. The molecule has 4 rings (SSSR count). The van der Waals surface area contributed by atoms with Crippen molar-refractivity contribution in [1.82, 2.24) is 20.0 Å². The van der Waals surface area contributed by atoms with E-state index >= 15 is 0 Å². The number of carbonyl (C=O) groups excluding carboxylic acids is 1. The van der Waals surface area contributed by atoms with Gasteiger partial charge in [0.2, 0.25) is 0 Å². The van der Waals surface area contributed by atoms with E-state index < -0.39 is 0 Å². The number of amides is 1. The molecule has 1 saturated heterocycles. The van der Waals surface area contributed by atoms with Gasteiger partial charge < -0.3 is 15.0 Å². The Morgan fingerprint density at radius 2 is 2.38 bits per heavy atom. The number of rotatable bonds is 2. The van der Waals surface area contributed by atoms with Crippen molar-refractivity contribution in [3.8, 4) is 6.07 Å². The molecule has 0 aromatic carbocycles. The predicted octanol–water partition coefficient (Wildman–Crippen LogP) is 0.686. The van der Waals surface area contributed by atoms with Crippen LogP contribution in [0.3, 0.4) is 0 Å². The zero-order valence-electron chi connectivity index (χ0n) is 11.4. The number of carbonyl (C=O) groups is 1. The molecule has 6 heteroatoms. The van der Waals surface area contributed by atoms with Crippen LogP contribution in [0.15, 0.2) is 24.7 Å². The summed E-state index contributed by atoms with van der Waals surface area (Å²) in [5.41, 5.74) is 1.76. The minimum atomic E-state index is -0.137. The van der Waals surface area contributed by atoms with Crippen molar-refractivity contribution in [2.45, 2.75) is 24.9 Å². The van der Waals surface area contributed by atoms with Gasteiger partial charge in [-0.15, -0.1) is 0 Å². The quantitative estimate of drug-likeness (QED) is 0.848. The van der Waals surface area contributed by atoms with Crippen LogP contribution in [-0.2, 0) is 0 Å². The predicted molar refractivity (Wildman–Crippen MR) is 75.7 cm³/mol. The fourth-order valence-corrected chi connectivity index (χ4v) is 3.44. The average Bonchev–Trinajstić information content (AvgIpc) is 3.20. The Hall–Kier alpha value is -2.39. The SMILES string of the molecule is N#Cc1cc2cnc(C(=O)NC3CC4CC3CN4)cn2c1. The lowest BCUT2D eigenvalue weighted by atomic mass is 10.0. The maximum atomic E-state index is 12.3. The zero-order valence-corrected chi connectivity index (χ0v) is 11.4. The highest BCUT2D eigenvalue weighted by molar-refractivity contribution is 5.92. The third kappa shape index (κ3) is 2.06. The van der Waals surface area contributed by atoms with Gasteiger partial charge in [-0.05, 0) is 24.8 Å². The molecule has 0 radical (unpaired) electrons. The summed E-state index contributed by atoms with van der Waals surface area (Å²) < 4.78 is 1.77. The lowest BCUT2D eigenvalue weighted by molar-refractivity contribution is 0.0919. The summed E-state index contributed by atoms with van der Waals surface area (Å²) >= 11 is 0. The van der Waals surface area contributed by atoms with E-state index in [1.54, 1.807) is 29.1 Å². The second-order valence-electron chi connectivity index (χ2n) is 5.86. The Kier molecular flexibility index (Phi) is 2.69. The lowest BCUT2D eigenvalue weighted by Gasteiger charge is -2.23. The van der Waals surface area contributed by atoms with Crippen molar-refractivity contribution in [3.63, 3.8) is 0 Å². The Morgan fingerprint density at radius 3 is 3.10 bits per heavy atom. The Bertz CT molecular complexity index is 759. The molecule has 6 nitrogen and oxygen atoms in total. The van der Waals surface area contributed by atoms with Crippen molar-refractivity contribution in [3.05, 3.63) is 35.9 Å². The minimum Gasteiger partial charge on any atom is -0.348 e. The first-order valence-corrected chi connectivity index (χ1v) is 7.15. The van der Waals surface area contributed by atoms with Crippen LogP contribution < -0.4 is 10.6 Å². The van der Waals surface area contributed by atoms with Gasteiger partial charge in [0.05, 0.1) is 17.3 Å². The standard InChI is InChI=1S/C15H15N5O/c16-4-9-1-12-6-18-14(8-20(12)7-9)15(21)19-13-3-11-2-10(13)5-17-11/h1,6-8,10-11,13,17H,2-3,5H2,(H,19,21). The Morgan fingerprint density at radius 1 is 1.48 bits per heavy atom. The fraction of sp³-hybridized carbons (Fsp3) is 0.400. The molecule has 2 bridgehead atoms. The first-order chi connectivity index (χ1) is 10.2. The molecule has 0 spiro atoms. The second-order valence-corrected chi connectivity index (χ2v) is 5.86. The topological polar surface area (TPSA) is 82.2 Å². The average molecular weight is 281 g/mol. The number of aromatic nitrogens is 2. The lowest BCUT2D eigenvalue weighted by Crippen LogP contribution is -2.44. The number of hydrogen-bond acceptors (Lipinski definition) is 4. The monoisotopic (exact) mass is 281 g/mol. The van der Waals surface area contributed by atoms with Gasteiger partial charge in [-0.2, -0.15) is 5.26 Å². The Labute approximate surface area is 121 Å². The summed E-state index contributed by atoms with van der Waals surface area (Å²) in [5, 5.41) is 15.4. The number of nitrogens with zero attached hydrogens (tertiary/aromatic N) is 3. The molecule has 21 heavy (non-hydrogen) atoms. The molecule has 1 amide bonds. The van der Waals surface area contributed by atoms with E-state index in [0.717, 1.165) is 24.9 Å². The maximum Gasteiger partial charge on any atom is 0.271 e. The van der Waals surface area contributed by atoms with Crippen LogP contribution >= 0.6 is 0 Å². The third-order valence-electron chi connectivity index (χ3n) is 4.52. The molecule has 2 N–H and O–H groups in total. The molecule has 1 saturated carbocycles. The van der Waals surface area contributed by atoms with Crippen LogP contribution in [0.5, 0.6) is 0 Å². The first-order valence-electron chi connectivity index (χ1n) is 7.15. The van der Waals surface area contributed by atoms with E-state index in [1.165, 1.54) is 0 Å². The molecule has 3 heterocycles. The molecule has 1 aliphatic carbocycles. The fourth-order valence-electron chi connectivity index (χ4n) is 3.44. The van der Waals surface area contributed by atoms with Crippen molar-refractivity contribution in [1.29, 1.82) is 5.26 Å². The summed E-state index contributed by atoms with van der Waals surface area (Å²) in [7, 11) is 0. The Balaban J connectivity index is 1.55. The third-order valence-corrected chi connectivity index (χ3v) is 4.52. The number of hydrogen-bond donors (Lipinski definition) is 2. The minimum absolute atomic E-state index is 0.137. The molecule has 2 aliphatic rings. The van der Waals surface area contributed by atoms with Gasteiger partial charge in [0.1, 0.15) is 11.8 Å². The van der Waals surface area contributed by atoms with Crippen LogP contribution in [0.2, 0.25) is 0 Å². The molecular formula is C15H15N5O. The van der Waals surface area contributed by atoms with Crippen LogP contribution in [0.25, 0.3) is 5.52 Å². The van der Waals surface area contributed by atoms with E-state index in [2.05, 4.69) is 21.7 Å².